The molecule has 0 aliphatic rings. The van der Waals surface area contributed by atoms with Gasteiger partial charge in [-0.1, -0.05) is 6.07 Å². The van der Waals surface area contributed by atoms with Crippen molar-refractivity contribution in [2.75, 3.05) is 5.32 Å². The summed E-state index contributed by atoms with van der Waals surface area (Å²) < 4.78 is 20.6. The molecule has 0 spiro atoms. The van der Waals surface area contributed by atoms with E-state index in [1.54, 1.807) is 36.4 Å². The summed E-state index contributed by atoms with van der Waals surface area (Å²) in [6.07, 6.45) is 1.03. The van der Waals surface area contributed by atoms with Crippen LogP contribution < -0.4 is 10.1 Å². The van der Waals surface area contributed by atoms with Gasteiger partial charge in [-0.15, -0.1) is 0 Å². The Morgan fingerprint density at radius 2 is 1.89 bits per heavy atom. The first-order valence-corrected chi connectivity index (χ1v) is 8.75. The van der Waals surface area contributed by atoms with Crippen molar-refractivity contribution in [1.82, 2.24) is 9.78 Å². The van der Waals surface area contributed by atoms with Gasteiger partial charge in [0, 0.05) is 30.9 Å². The van der Waals surface area contributed by atoms with Crippen molar-refractivity contribution in [2.45, 2.75) is 26.7 Å². The third-order valence-electron chi connectivity index (χ3n) is 4.43. The zero-order valence-corrected chi connectivity index (χ0v) is 15.6. The minimum absolute atomic E-state index is 0.0588. The Balaban J connectivity index is 1.55. The molecule has 6 heteroatoms. The Hall–Kier alpha value is -3.15. The number of amides is 1. The smallest absolute Gasteiger partial charge is 0.224 e. The second kappa shape index (κ2) is 8.03. The van der Waals surface area contributed by atoms with E-state index in [4.69, 9.17) is 4.74 Å². The van der Waals surface area contributed by atoms with E-state index < -0.39 is 0 Å². The zero-order valence-electron chi connectivity index (χ0n) is 15.6. The first kappa shape index (κ1) is 18.6. The van der Waals surface area contributed by atoms with E-state index >= 15 is 0 Å². The predicted octanol–water partition coefficient (Wildman–Crippen LogP) is 4.54. The van der Waals surface area contributed by atoms with Crippen LogP contribution in [0.2, 0.25) is 0 Å². The molecule has 0 unspecified atom stereocenters. The number of halogens is 1. The highest BCUT2D eigenvalue weighted by Gasteiger charge is 2.11. The quantitative estimate of drug-likeness (QED) is 0.696. The van der Waals surface area contributed by atoms with Crippen molar-refractivity contribution < 1.29 is 13.9 Å². The number of carbonyl (C=O) groups is 1. The van der Waals surface area contributed by atoms with Gasteiger partial charge < -0.3 is 10.1 Å². The first-order valence-electron chi connectivity index (χ1n) is 8.75. The number of anilines is 1. The second-order valence-corrected chi connectivity index (χ2v) is 6.40. The van der Waals surface area contributed by atoms with Crippen LogP contribution in [-0.4, -0.2) is 15.7 Å². The molecule has 0 fully saturated rings. The molecule has 3 aromatic rings. The van der Waals surface area contributed by atoms with E-state index in [1.807, 2.05) is 25.6 Å². The topological polar surface area (TPSA) is 56.2 Å². The Bertz CT molecular complexity index is 949. The molecular weight excluding hydrogens is 345 g/mol. The van der Waals surface area contributed by atoms with Gasteiger partial charge >= 0.3 is 0 Å². The molecule has 27 heavy (non-hydrogen) atoms. The number of aromatic nitrogens is 2. The molecule has 2 aromatic carbocycles. The highest BCUT2D eigenvalue weighted by Crippen LogP contribution is 2.23. The van der Waals surface area contributed by atoms with Crippen LogP contribution in [0.3, 0.4) is 0 Å². The van der Waals surface area contributed by atoms with Crippen LogP contribution in [0, 0.1) is 19.7 Å². The fourth-order valence-electron chi connectivity index (χ4n) is 2.91. The van der Waals surface area contributed by atoms with Crippen LogP contribution in [0.1, 0.15) is 23.4 Å². The van der Waals surface area contributed by atoms with Gasteiger partial charge in [-0.2, -0.15) is 5.10 Å². The maximum absolute atomic E-state index is 13.2. The van der Waals surface area contributed by atoms with E-state index in [2.05, 4.69) is 10.4 Å². The van der Waals surface area contributed by atoms with Gasteiger partial charge in [0.05, 0.1) is 5.69 Å². The number of rotatable bonds is 6. The zero-order chi connectivity index (χ0) is 19.4. The minimum Gasteiger partial charge on any atom is -0.457 e. The molecular formula is C21H22FN3O2. The van der Waals surface area contributed by atoms with Crippen molar-refractivity contribution in [3.05, 3.63) is 71.3 Å². The van der Waals surface area contributed by atoms with E-state index in [-0.39, 0.29) is 11.7 Å². The first-order chi connectivity index (χ1) is 12.9. The second-order valence-electron chi connectivity index (χ2n) is 6.40. The summed E-state index contributed by atoms with van der Waals surface area (Å²) >= 11 is 0. The van der Waals surface area contributed by atoms with Crippen LogP contribution in [-0.2, 0) is 18.3 Å². The lowest BCUT2D eigenvalue weighted by Gasteiger charge is -2.08. The Morgan fingerprint density at radius 1 is 1.15 bits per heavy atom. The standard InChI is InChI=1S/C21H22FN3O2/c1-14-20(15(2)25(3)24-14)11-12-21(26)23-17-7-9-18(10-8-17)27-19-6-4-5-16(22)13-19/h4-10,13H,11-12H2,1-3H3,(H,23,26). The number of hydrogen-bond acceptors (Lipinski definition) is 3. The number of aryl methyl sites for hydroxylation is 2. The molecule has 0 atom stereocenters. The molecule has 1 N–H and O–H groups in total. The molecule has 1 heterocycles. The van der Waals surface area contributed by atoms with Gasteiger partial charge in [0.2, 0.25) is 5.91 Å². The molecule has 1 amide bonds. The van der Waals surface area contributed by atoms with Crippen molar-refractivity contribution >= 4 is 11.6 Å². The van der Waals surface area contributed by atoms with E-state index in [0.29, 0.717) is 30.0 Å². The van der Waals surface area contributed by atoms with Crippen LogP contribution in [0.15, 0.2) is 48.5 Å². The molecule has 0 saturated carbocycles. The van der Waals surface area contributed by atoms with Crippen molar-refractivity contribution in [1.29, 1.82) is 0 Å². The molecule has 3 rings (SSSR count). The van der Waals surface area contributed by atoms with E-state index in [0.717, 1.165) is 17.0 Å². The van der Waals surface area contributed by atoms with Crippen molar-refractivity contribution in [3.8, 4) is 11.5 Å². The van der Waals surface area contributed by atoms with Gasteiger partial charge in [0.25, 0.3) is 0 Å². The molecule has 140 valence electrons. The lowest BCUT2D eigenvalue weighted by molar-refractivity contribution is -0.116. The van der Waals surface area contributed by atoms with E-state index in [1.165, 1.54) is 12.1 Å². The summed E-state index contributed by atoms with van der Waals surface area (Å²) in [6, 6.07) is 12.9. The summed E-state index contributed by atoms with van der Waals surface area (Å²) in [6.45, 7) is 3.96. The lowest BCUT2D eigenvalue weighted by atomic mass is 10.1. The van der Waals surface area contributed by atoms with E-state index in [9.17, 15) is 9.18 Å². The van der Waals surface area contributed by atoms with Crippen LogP contribution in [0.4, 0.5) is 10.1 Å². The molecule has 0 radical (unpaired) electrons. The average molecular weight is 367 g/mol. The van der Waals surface area contributed by atoms with Gasteiger partial charge in [0.15, 0.2) is 0 Å². The summed E-state index contributed by atoms with van der Waals surface area (Å²) in [5, 5.41) is 7.25. The van der Waals surface area contributed by atoms with Crippen molar-refractivity contribution in [2.24, 2.45) is 7.05 Å². The molecule has 1 aromatic heterocycles. The summed E-state index contributed by atoms with van der Waals surface area (Å²) in [4.78, 5) is 12.2. The predicted molar refractivity (Wildman–Crippen MR) is 103 cm³/mol. The third kappa shape index (κ3) is 4.73. The molecule has 5 nitrogen and oxygen atoms in total. The molecule has 0 saturated heterocycles. The van der Waals surface area contributed by atoms with Crippen LogP contribution >= 0.6 is 0 Å². The molecule has 0 bridgehead atoms. The van der Waals surface area contributed by atoms with Crippen LogP contribution in [0.25, 0.3) is 0 Å². The number of ether oxygens (including phenoxy) is 1. The monoisotopic (exact) mass is 367 g/mol. The fraction of sp³-hybridized carbons (Fsp3) is 0.238. The van der Waals surface area contributed by atoms with Gasteiger partial charge in [-0.05, 0) is 62.2 Å². The number of nitrogens with zero attached hydrogens (tertiary/aromatic N) is 2. The Morgan fingerprint density at radius 3 is 2.52 bits per heavy atom. The number of carbonyl (C=O) groups excluding carboxylic acids is 1. The summed E-state index contributed by atoms with van der Waals surface area (Å²) in [7, 11) is 1.90. The highest BCUT2D eigenvalue weighted by atomic mass is 19.1. The van der Waals surface area contributed by atoms with Crippen LogP contribution in [0.5, 0.6) is 11.5 Å². The average Bonchev–Trinajstić information content (AvgIpc) is 2.87. The Labute approximate surface area is 157 Å². The maximum Gasteiger partial charge on any atom is 0.224 e. The highest BCUT2D eigenvalue weighted by molar-refractivity contribution is 5.90. The summed E-state index contributed by atoms with van der Waals surface area (Å²) in [5.74, 6) is 0.584. The third-order valence-corrected chi connectivity index (χ3v) is 4.43. The van der Waals surface area contributed by atoms with Gasteiger partial charge in [0.1, 0.15) is 17.3 Å². The number of hydrogen-bond donors (Lipinski definition) is 1. The van der Waals surface area contributed by atoms with Crippen molar-refractivity contribution in [3.63, 3.8) is 0 Å². The number of nitrogens with one attached hydrogen (secondary N) is 1. The number of benzene rings is 2. The lowest BCUT2D eigenvalue weighted by Crippen LogP contribution is -2.12. The van der Waals surface area contributed by atoms with Gasteiger partial charge in [-0.25, -0.2) is 4.39 Å². The maximum atomic E-state index is 13.2. The van der Waals surface area contributed by atoms with Gasteiger partial charge in [-0.3, -0.25) is 9.48 Å². The Kier molecular flexibility index (Phi) is 5.54. The minimum atomic E-state index is -0.351. The largest absolute Gasteiger partial charge is 0.457 e. The molecule has 0 aliphatic carbocycles. The fourth-order valence-corrected chi connectivity index (χ4v) is 2.91. The SMILES string of the molecule is Cc1nn(C)c(C)c1CCC(=O)Nc1ccc(Oc2cccc(F)c2)cc1. The molecule has 0 aliphatic heterocycles. The normalized spacial score (nSPS) is 10.7. The summed E-state index contributed by atoms with van der Waals surface area (Å²) in [5.41, 5.74) is 3.85.